The number of rotatable bonds is 5. The molecule has 1 fully saturated rings. The van der Waals surface area contributed by atoms with E-state index in [0.717, 1.165) is 31.6 Å². The number of benzene rings is 1. The molecule has 3 N–H and O–H groups in total. The van der Waals surface area contributed by atoms with Gasteiger partial charge >= 0.3 is 0 Å². The van der Waals surface area contributed by atoms with Gasteiger partial charge in [0.25, 0.3) is 0 Å². The molecule has 0 unspecified atom stereocenters. The van der Waals surface area contributed by atoms with E-state index in [9.17, 15) is 4.79 Å². The van der Waals surface area contributed by atoms with Gasteiger partial charge < -0.3 is 20.7 Å². The van der Waals surface area contributed by atoms with Crippen LogP contribution in [0.2, 0.25) is 0 Å². The Morgan fingerprint density at radius 1 is 1.35 bits per heavy atom. The zero-order chi connectivity index (χ0) is 14.4. The number of hydrogen-bond donors (Lipinski definition) is 2. The van der Waals surface area contributed by atoms with E-state index >= 15 is 0 Å². The predicted molar refractivity (Wildman–Crippen MR) is 80.9 cm³/mol. The second kappa shape index (κ2) is 7.03. The zero-order valence-electron chi connectivity index (χ0n) is 12.0. The SMILES string of the molecule is CCOc1cc(NCC(=O)N2CCCCC2)ccc1N. The average molecular weight is 277 g/mol. The Balaban J connectivity index is 1.89. The van der Waals surface area contributed by atoms with Crippen molar-refractivity contribution in [2.75, 3.05) is 37.3 Å². The third kappa shape index (κ3) is 3.79. The molecule has 0 radical (unpaired) electrons. The first-order chi connectivity index (χ1) is 9.70. The summed E-state index contributed by atoms with van der Waals surface area (Å²) in [6, 6.07) is 5.49. The quantitative estimate of drug-likeness (QED) is 0.809. The molecule has 110 valence electrons. The fourth-order valence-electron chi connectivity index (χ4n) is 2.36. The summed E-state index contributed by atoms with van der Waals surface area (Å²) in [5.41, 5.74) is 7.29. The molecule has 20 heavy (non-hydrogen) atoms. The number of hydrogen-bond acceptors (Lipinski definition) is 4. The summed E-state index contributed by atoms with van der Waals surface area (Å²) in [6.45, 7) is 4.56. The highest BCUT2D eigenvalue weighted by atomic mass is 16.5. The monoisotopic (exact) mass is 277 g/mol. The third-order valence-electron chi connectivity index (χ3n) is 3.47. The summed E-state index contributed by atoms with van der Waals surface area (Å²) >= 11 is 0. The summed E-state index contributed by atoms with van der Waals surface area (Å²) in [6.07, 6.45) is 3.46. The van der Waals surface area contributed by atoms with E-state index in [2.05, 4.69) is 5.32 Å². The van der Waals surface area contributed by atoms with Crippen molar-refractivity contribution < 1.29 is 9.53 Å². The molecule has 0 aliphatic carbocycles. The van der Waals surface area contributed by atoms with E-state index in [-0.39, 0.29) is 5.91 Å². The van der Waals surface area contributed by atoms with Gasteiger partial charge in [0.2, 0.25) is 5.91 Å². The van der Waals surface area contributed by atoms with Crippen LogP contribution in [0.3, 0.4) is 0 Å². The Bertz CT molecular complexity index is 456. The molecule has 0 spiro atoms. The first kappa shape index (κ1) is 14.5. The Hall–Kier alpha value is -1.91. The lowest BCUT2D eigenvalue weighted by Crippen LogP contribution is -2.39. The van der Waals surface area contributed by atoms with Crippen molar-refractivity contribution in [1.29, 1.82) is 0 Å². The normalized spacial score (nSPS) is 14.9. The van der Waals surface area contributed by atoms with Crippen molar-refractivity contribution in [3.63, 3.8) is 0 Å². The number of nitrogens with two attached hydrogens (primary N) is 1. The number of carbonyl (C=O) groups is 1. The Morgan fingerprint density at radius 2 is 2.10 bits per heavy atom. The van der Waals surface area contributed by atoms with Gasteiger partial charge in [-0.3, -0.25) is 4.79 Å². The average Bonchev–Trinajstić information content (AvgIpc) is 2.49. The molecule has 2 rings (SSSR count). The van der Waals surface area contributed by atoms with Gasteiger partial charge in [0.05, 0.1) is 18.8 Å². The molecule has 0 atom stereocenters. The van der Waals surface area contributed by atoms with Gasteiger partial charge in [-0.15, -0.1) is 0 Å². The van der Waals surface area contributed by atoms with Crippen LogP contribution in [0, 0.1) is 0 Å². The molecule has 5 nitrogen and oxygen atoms in total. The zero-order valence-corrected chi connectivity index (χ0v) is 12.0. The van der Waals surface area contributed by atoms with Crippen LogP contribution in [0.15, 0.2) is 18.2 Å². The van der Waals surface area contributed by atoms with Crippen LogP contribution >= 0.6 is 0 Å². The lowest BCUT2D eigenvalue weighted by atomic mass is 10.1. The van der Waals surface area contributed by atoms with Gasteiger partial charge in [-0.2, -0.15) is 0 Å². The standard InChI is InChI=1S/C15H23N3O2/c1-2-20-14-10-12(6-7-13(14)16)17-11-15(19)18-8-4-3-5-9-18/h6-7,10,17H,2-5,8-9,11,16H2,1H3. The highest BCUT2D eigenvalue weighted by molar-refractivity contribution is 5.81. The summed E-state index contributed by atoms with van der Waals surface area (Å²) in [7, 11) is 0. The minimum atomic E-state index is 0.152. The van der Waals surface area contributed by atoms with Crippen molar-refractivity contribution in [3.8, 4) is 5.75 Å². The number of likely N-dealkylation sites (tertiary alicyclic amines) is 1. The maximum Gasteiger partial charge on any atom is 0.241 e. The van der Waals surface area contributed by atoms with Gasteiger partial charge in [-0.25, -0.2) is 0 Å². The van der Waals surface area contributed by atoms with Gasteiger partial charge in [-0.1, -0.05) is 0 Å². The molecule has 1 heterocycles. The number of nitrogen functional groups attached to an aromatic ring is 1. The summed E-state index contributed by atoms with van der Waals surface area (Å²) in [5, 5.41) is 3.14. The molecule has 1 aliphatic rings. The van der Waals surface area contributed by atoms with Crippen LogP contribution in [0.5, 0.6) is 5.75 Å². The second-order valence-electron chi connectivity index (χ2n) is 4.98. The maximum absolute atomic E-state index is 12.1. The highest BCUT2D eigenvalue weighted by Gasteiger charge is 2.15. The number of piperidine rings is 1. The number of ether oxygens (including phenoxy) is 1. The molecular formula is C15H23N3O2. The van der Waals surface area contributed by atoms with Gasteiger partial charge in [0.1, 0.15) is 5.75 Å². The Morgan fingerprint density at radius 3 is 2.80 bits per heavy atom. The van der Waals surface area contributed by atoms with E-state index in [1.807, 2.05) is 24.0 Å². The molecule has 1 aromatic rings. The molecule has 0 saturated carbocycles. The number of anilines is 2. The van der Waals surface area contributed by atoms with E-state index in [1.165, 1.54) is 6.42 Å². The van der Waals surface area contributed by atoms with Crippen LogP contribution in [-0.4, -0.2) is 37.0 Å². The van der Waals surface area contributed by atoms with Crippen molar-refractivity contribution in [2.24, 2.45) is 0 Å². The van der Waals surface area contributed by atoms with Crippen LogP contribution in [0.1, 0.15) is 26.2 Å². The summed E-state index contributed by atoms with van der Waals surface area (Å²) in [4.78, 5) is 14.0. The van der Waals surface area contributed by atoms with Crippen LogP contribution < -0.4 is 15.8 Å². The van der Waals surface area contributed by atoms with E-state index < -0.39 is 0 Å². The van der Waals surface area contributed by atoms with Crippen LogP contribution in [-0.2, 0) is 4.79 Å². The number of amides is 1. The van der Waals surface area contributed by atoms with Crippen molar-refractivity contribution in [1.82, 2.24) is 4.90 Å². The van der Waals surface area contributed by atoms with Crippen molar-refractivity contribution in [3.05, 3.63) is 18.2 Å². The molecule has 1 aliphatic heterocycles. The van der Waals surface area contributed by atoms with Crippen molar-refractivity contribution in [2.45, 2.75) is 26.2 Å². The molecule has 5 heteroatoms. The van der Waals surface area contributed by atoms with Crippen LogP contribution in [0.4, 0.5) is 11.4 Å². The lowest BCUT2D eigenvalue weighted by molar-refractivity contribution is -0.130. The molecule has 1 amide bonds. The fraction of sp³-hybridized carbons (Fsp3) is 0.533. The maximum atomic E-state index is 12.1. The summed E-state index contributed by atoms with van der Waals surface area (Å²) in [5.74, 6) is 0.808. The van der Waals surface area contributed by atoms with Crippen LogP contribution in [0.25, 0.3) is 0 Å². The topological polar surface area (TPSA) is 67.6 Å². The predicted octanol–water partition coefficient (Wildman–Crippen LogP) is 2.09. The first-order valence-corrected chi connectivity index (χ1v) is 7.24. The van der Waals surface area contributed by atoms with Crippen molar-refractivity contribution >= 4 is 17.3 Å². The van der Waals surface area contributed by atoms with Gasteiger partial charge in [-0.05, 0) is 38.3 Å². The second-order valence-corrected chi connectivity index (χ2v) is 4.98. The molecular weight excluding hydrogens is 254 g/mol. The van der Waals surface area contributed by atoms with Gasteiger partial charge in [0, 0.05) is 24.8 Å². The van der Waals surface area contributed by atoms with E-state index in [1.54, 1.807) is 6.07 Å². The number of carbonyl (C=O) groups excluding carboxylic acids is 1. The molecule has 0 aromatic heterocycles. The number of nitrogens with one attached hydrogen (secondary N) is 1. The third-order valence-corrected chi connectivity index (χ3v) is 3.47. The number of nitrogens with zero attached hydrogens (tertiary/aromatic N) is 1. The highest BCUT2D eigenvalue weighted by Crippen LogP contribution is 2.25. The van der Waals surface area contributed by atoms with Gasteiger partial charge in [0.15, 0.2) is 0 Å². The Labute approximate surface area is 120 Å². The Kier molecular flexibility index (Phi) is 5.09. The first-order valence-electron chi connectivity index (χ1n) is 7.24. The molecule has 1 aromatic carbocycles. The molecule has 0 bridgehead atoms. The molecule has 1 saturated heterocycles. The fourth-order valence-corrected chi connectivity index (χ4v) is 2.36. The minimum Gasteiger partial charge on any atom is -0.492 e. The lowest BCUT2D eigenvalue weighted by Gasteiger charge is -2.27. The summed E-state index contributed by atoms with van der Waals surface area (Å²) < 4.78 is 5.44. The smallest absolute Gasteiger partial charge is 0.241 e. The minimum absolute atomic E-state index is 0.152. The van der Waals surface area contributed by atoms with E-state index in [0.29, 0.717) is 24.6 Å². The largest absolute Gasteiger partial charge is 0.492 e. The van der Waals surface area contributed by atoms with E-state index in [4.69, 9.17) is 10.5 Å².